The molecule has 1 aromatic rings. The van der Waals surface area contributed by atoms with Gasteiger partial charge in [0.25, 0.3) is 0 Å². The van der Waals surface area contributed by atoms with E-state index in [-0.39, 0.29) is 13.0 Å². The van der Waals surface area contributed by atoms with Gasteiger partial charge in [0.1, 0.15) is 6.04 Å². The summed E-state index contributed by atoms with van der Waals surface area (Å²) < 4.78 is 1.95. The Balaban J connectivity index is 2.11. The summed E-state index contributed by atoms with van der Waals surface area (Å²) in [5.41, 5.74) is 0. The van der Waals surface area contributed by atoms with Gasteiger partial charge in [0.15, 0.2) is 0 Å². The molecule has 0 saturated heterocycles. The predicted molar refractivity (Wildman–Crippen MR) is 71.1 cm³/mol. The highest BCUT2D eigenvalue weighted by Crippen LogP contribution is 1.94. The van der Waals surface area contributed by atoms with E-state index in [0.717, 1.165) is 19.4 Å². The van der Waals surface area contributed by atoms with Gasteiger partial charge in [-0.2, -0.15) is 0 Å². The molecule has 1 aromatic heterocycles. The molecule has 0 aliphatic carbocycles. The number of aliphatic hydroxyl groups is 1. The van der Waals surface area contributed by atoms with Gasteiger partial charge in [-0.05, 0) is 12.8 Å². The van der Waals surface area contributed by atoms with Gasteiger partial charge in [-0.1, -0.05) is 0 Å². The highest BCUT2D eigenvalue weighted by Gasteiger charge is 2.18. The fourth-order valence-electron chi connectivity index (χ4n) is 1.64. The lowest BCUT2D eigenvalue weighted by molar-refractivity contribution is -0.139. The molecular formula is C12H20N4O4. The van der Waals surface area contributed by atoms with Gasteiger partial charge in [0.05, 0.1) is 6.33 Å². The number of carboxylic acid groups (broad SMARTS) is 1. The number of rotatable bonds is 9. The molecule has 0 radical (unpaired) electrons. The summed E-state index contributed by atoms with van der Waals surface area (Å²) in [4.78, 5) is 26.1. The van der Waals surface area contributed by atoms with E-state index >= 15 is 0 Å². The van der Waals surface area contributed by atoms with Crippen LogP contribution < -0.4 is 10.6 Å². The number of nitrogens with one attached hydrogen (secondary N) is 2. The number of aliphatic hydroxyl groups excluding tert-OH is 1. The van der Waals surface area contributed by atoms with Gasteiger partial charge in [-0.3, -0.25) is 0 Å². The number of aryl methyl sites for hydroxylation is 1. The first-order chi connectivity index (χ1) is 9.63. The van der Waals surface area contributed by atoms with Crippen molar-refractivity contribution in [3.05, 3.63) is 18.7 Å². The predicted octanol–water partition coefficient (Wildman–Crippen LogP) is -0.202. The maximum atomic E-state index is 11.4. The summed E-state index contributed by atoms with van der Waals surface area (Å²) in [7, 11) is 0. The van der Waals surface area contributed by atoms with E-state index in [0.29, 0.717) is 6.54 Å². The quantitative estimate of drug-likeness (QED) is 0.468. The zero-order valence-corrected chi connectivity index (χ0v) is 11.2. The van der Waals surface area contributed by atoms with Gasteiger partial charge in [0.2, 0.25) is 0 Å². The van der Waals surface area contributed by atoms with Crippen molar-refractivity contribution in [3.8, 4) is 0 Å². The first-order valence-corrected chi connectivity index (χ1v) is 6.47. The van der Waals surface area contributed by atoms with Crippen LogP contribution in [-0.4, -0.2) is 51.0 Å². The monoisotopic (exact) mass is 284 g/mol. The number of unbranched alkanes of at least 4 members (excludes halogenated alkanes) is 1. The van der Waals surface area contributed by atoms with E-state index < -0.39 is 18.0 Å². The molecule has 20 heavy (non-hydrogen) atoms. The SMILES string of the molecule is O=C(NCCCCn1ccnc1)NC(CCO)C(=O)O. The number of nitrogens with zero attached hydrogens (tertiary/aromatic N) is 2. The van der Waals surface area contributed by atoms with Crippen molar-refractivity contribution in [1.82, 2.24) is 20.2 Å². The number of imidazole rings is 1. The van der Waals surface area contributed by atoms with Crippen molar-refractivity contribution in [3.63, 3.8) is 0 Å². The Kier molecular flexibility index (Phi) is 7.12. The molecule has 0 fully saturated rings. The summed E-state index contributed by atoms with van der Waals surface area (Å²) in [5, 5.41) is 22.4. The number of carbonyl (C=O) groups excluding carboxylic acids is 1. The first kappa shape index (κ1) is 16.0. The molecule has 2 amide bonds. The summed E-state index contributed by atoms with van der Waals surface area (Å²) in [6.07, 6.45) is 6.96. The second-order valence-electron chi connectivity index (χ2n) is 4.31. The summed E-state index contributed by atoms with van der Waals surface area (Å²) in [5.74, 6) is -1.16. The molecule has 8 nitrogen and oxygen atoms in total. The van der Waals surface area contributed by atoms with Crippen molar-refractivity contribution in [2.24, 2.45) is 0 Å². The molecule has 0 aliphatic heterocycles. The topological polar surface area (TPSA) is 116 Å². The number of carbonyl (C=O) groups is 2. The average Bonchev–Trinajstić information content (AvgIpc) is 2.91. The van der Waals surface area contributed by atoms with E-state index in [1.807, 2.05) is 10.8 Å². The second-order valence-corrected chi connectivity index (χ2v) is 4.31. The molecule has 1 rings (SSSR count). The fraction of sp³-hybridized carbons (Fsp3) is 0.583. The minimum Gasteiger partial charge on any atom is -0.480 e. The zero-order chi connectivity index (χ0) is 14.8. The minimum absolute atomic E-state index is 0.0105. The Morgan fingerprint density at radius 1 is 1.35 bits per heavy atom. The van der Waals surface area contributed by atoms with Gasteiger partial charge in [0, 0.05) is 38.5 Å². The number of amides is 2. The maximum Gasteiger partial charge on any atom is 0.326 e. The van der Waals surface area contributed by atoms with Crippen molar-refractivity contribution in [1.29, 1.82) is 0 Å². The Morgan fingerprint density at radius 3 is 2.75 bits per heavy atom. The molecule has 8 heteroatoms. The Hall–Kier alpha value is -2.09. The van der Waals surface area contributed by atoms with Crippen LogP contribution in [0.4, 0.5) is 4.79 Å². The van der Waals surface area contributed by atoms with E-state index in [1.54, 1.807) is 12.5 Å². The number of hydrogen-bond acceptors (Lipinski definition) is 4. The number of aromatic nitrogens is 2. The van der Waals surface area contributed by atoms with Crippen molar-refractivity contribution in [2.45, 2.75) is 31.8 Å². The molecule has 1 atom stereocenters. The lowest BCUT2D eigenvalue weighted by Gasteiger charge is -2.13. The van der Waals surface area contributed by atoms with Crippen LogP contribution >= 0.6 is 0 Å². The third-order valence-electron chi connectivity index (χ3n) is 2.71. The molecule has 1 unspecified atom stereocenters. The third-order valence-corrected chi connectivity index (χ3v) is 2.71. The van der Waals surface area contributed by atoms with Gasteiger partial charge < -0.3 is 25.4 Å². The van der Waals surface area contributed by atoms with E-state index in [9.17, 15) is 9.59 Å². The molecule has 1 heterocycles. The smallest absolute Gasteiger partial charge is 0.326 e. The highest BCUT2D eigenvalue weighted by atomic mass is 16.4. The van der Waals surface area contributed by atoms with E-state index in [1.165, 1.54) is 0 Å². The Labute approximate surface area is 116 Å². The molecule has 0 aromatic carbocycles. The summed E-state index contributed by atoms with van der Waals surface area (Å²) in [6, 6.07) is -1.60. The van der Waals surface area contributed by atoms with Crippen molar-refractivity contribution >= 4 is 12.0 Å². The Morgan fingerprint density at radius 2 is 2.15 bits per heavy atom. The number of aliphatic carboxylic acids is 1. The van der Waals surface area contributed by atoms with Crippen LogP contribution in [0.1, 0.15) is 19.3 Å². The molecule has 112 valence electrons. The second kappa shape index (κ2) is 8.92. The molecule has 4 N–H and O–H groups in total. The maximum absolute atomic E-state index is 11.4. The molecule has 0 spiro atoms. The van der Waals surface area contributed by atoms with Crippen molar-refractivity contribution in [2.75, 3.05) is 13.2 Å². The first-order valence-electron chi connectivity index (χ1n) is 6.47. The summed E-state index contributed by atoms with van der Waals surface area (Å²) in [6.45, 7) is 1.000. The van der Waals surface area contributed by atoms with Gasteiger partial charge >= 0.3 is 12.0 Å². The number of urea groups is 1. The third kappa shape index (κ3) is 6.19. The minimum atomic E-state index is -1.16. The lowest BCUT2D eigenvalue weighted by Crippen LogP contribution is -2.46. The van der Waals surface area contributed by atoms with Crippen LogP contribution in [0.2, 0.25) is 0 Å². The van der Waals surface area contributed by atoms with Crippen LogP contribution in [0.15, 0.2) is 18.7 Å². The van der Waals surface area contributed by atoms with Gasteiger partial charge in [-0.15, -0.1) is 0 Å². The normalized spacial score (nSPS) is 11.8. The Bertz CT molecular complexity index is 408. The van der Waals surface area contributed by atoms with Crippen molar-refractivity contribution < 1.29 is 19.8 Å². The van der Waals surface area contributed by atoms with Crippen LogP contribution in [0.5, 0.6) is 0 Å². The number of hydrogen-bond donors (Lipinski definition) is 4. The van der Waals surface area contributed by atoms with E-state index in [4.69, 9.17) is 10.2 Å². The number of carboxylic acids is 1. The van der Waals surface area contributed by atoms with Crippen LogP contribution in [0.3, 0.4) is 0 Å². The summed E-state index contributed by atoms with van der Waals surface area (Å²) >= 11 is 0. The standard InChI is InChI=1S/C12H20N4O4/c17-8-3-10(11(18)19)15-12(20)14-4-1-2-6-16-7-5-13-9-16/h5,7,9-10,17H,1-4,6,8H2,(H,18,19)(H2,14,15,20). The van der Waals surface area contributed by atoms with E-state index in [2.05, 4.69) is 15.6 Å². The highest BCUT2D eigenvalue weighted by molar-refractivity contribution is 5.82. The lowest BCUT2D eigenvalue weighted by atomic mass is 10.2. The molecule has 0 bridgehead atoms. The van der Waals surface area contributed by atoms with Gasteiger partial charge in [-0.25, -0.2) is 14.6 Å². The molecule has 0 saturated carbocycles. The van der Waals surface area contributed by atoms with Crippen LogP contribution in [0.25, 0.3) is 0 Å². The van der Waals surface area contributed by atoms with Crippen LogP contribution in [-0.2, 0) is 11.3 Å². The molecular weight excluding hydrogens is 264 g/mol. The largest absolute Gasteiger partial charge is 0.480 e. The average molecular weight is 284 g/mol. The zero-order valence-electron chi connectivity index (χ0n) is 11.2. The van der Waals surface area contributed by atoms with Crippen LogP contribution in [0, 0.1) is 0 Å². The molecule has 0 aliphatic rings. The fourth-order valence-corrected chi connectivity index (χ4v) is 1.64.